The molecule has 1 aliphatic heterocycles. The molecule has 6 nitrogen and oxygen atoms in total. The number of likely N-dealkylation sites (N-methyl/N-ethyl adjacent to an activating group) is 1. The number of hydrogen-bond donors (Lipinski definition) is 0. The minimum Gasteiger partial charge on any atom is -0.494 e. The predicted octanol–water partition coefficient (Wildman–Crippen LogP) is 4.47. The van der Waals surface area contributed by atoms with E-state index in [9.17, 15) is 9.59 Å². The number of nitrogens with zero attached hydrogens (tertiary/aromatic N) is 2. The van der Waals surface area contributed by atoms with Gasteiger partial charge in [0.1, 0.15) is 11.3 Å². The van der Waals surface area contributed by atoms with Crippen molar-refractivity contribution in [1.29, 1.82) is 0 Å². The molecule has 0 aliphatic carbocycles. The van der Waals surface area contributed by atoms with Crippen LogP contribution in [-0.4, -0.2) is 48.5 Å². The van der Waals surface area contributed by atoms with Crippen LogP contribution in [0, 0.1) is 0 Å². The van der Waals surface area contributed by atoms with Gasteiger partial charge < -0.3 is 19.0 Å². The fraction of sp³-hybridized carbons (Fsp3) is 0.385. The fourth-order valence-electron chi connectivity index (χ4n) is 4.33. The van der Waals surface area contributed by atoms with Crippen LogP contribution in [0.3, 0.4) is 0 Å². The second kappa shape index (κ2) is 9.57. The Labute approximate surface area is 188 Å². The Morgan fingerprint density at radius 3 is 2.56 bits per heavy atom. The molecule has 0 spiro atoms. The molecule has 32 heavy (non-hydrogen) atoms. The number of ether oxygens (including phenoxy) is 1. The van der Waals surface area contributed by atoms with E-state index in [1.165, 1.54) is 0 Å². The Kier molecular flexibility index (Phi) is 6.61. The highest BCUT2D eigenvalue weighted by atomic mass is 16.5. The third-order valence-corrected chi connectivity index (χ3v) is 6.07. The van der Waals surface area contributed by atoms with E-state index < -0.39 is 6.04 Å². The summed E-state index contributed by atoms with van der Waals surface area (Å²) in [7, 11) is 0. The van der Waals surface area contributed by atoms with E-state index in [1.807, 2.05) is 30.3 Å². The zero-order chi connectivity index (χ0) is 22.7. The number of amides is 1. The third-order valence-electron chi connectivity index (χ3n) is 6.07. The van der Waals surface area contributed by atoms with Crippen molar-refractivity contribution in [2.24, 2.45) is 0 Å². The molecule has 168 valence electrons. The Morgan fingerprint density at radius 1 is 1.03 bits per heavy atom. The SMILES string of the molecule is CCCOc1cccc([C@H]2c3c(oc4ccccc4c3=O)C(=O)N2CCN(CC)CC)c1. The van der Waals surface area contributed by atoms with Crippen molar-refractivity contribution < 1.29 is 13.9 Å². The summed E-state index contributed by atoms with van der Waals surface area (Å²) < 4.78 is 11.8. The van der Waals surface area contributed by atoms with Gasteiger partial charge in [-0.05, 0) is 49.3 Å². The maximum Gasteiger partial charge on any atom is 0.290 e. The molecule has 3 aromatic rings. The molecule has 0 unspecified atom stereocenters. The number of fused-ring (bicyclic) bond motifs is 2. The molecule has 1 amide bonds. The molecular formula is C26H30N2O4. The van der Waals surface area contributed by atoms with Gasteiger partial charge in [0.15, 0.2) is 5.43 Å². The standard InChI is InChI=1S/C26H30N2O4/c1-4-16-31-19-11-9-10-18(17-19)23-22-24(29)20-12-7-8-13-21(20)32-25(22)26(30)28(23)15-14-27(5-2)6-3/h7-13,17,23H,4-6,14-16H2,1-3H3/t23-/m0/s1. The maximum absolute atomic E-state index is 13.5. The molecule has 2 heterocycles. The van der Waals surface area contributed by atoms with Crippen LogP contribution in [0.25, 0.3) is 11.0 Å². The van der Waals surface area contributed by atoms with Crippen molar-refractivity contribution in [2.75, 3.05) is 32.8 Å². The van der Waals surface area contributed by atoms with Crippen molar-refractivity contribution in [3.05, 3.63) is 75.6 Å². The first-order valence-electron chi connectivity index (χ1n) is 11.4. The Bertz CT molecular complexity index is 1170. The summed E-state index contributed by atoms with van der Waals surface area (Å²) in [6, 6.07) is 14.3. The van der Waals surface area contributed by atoms with Gasteiger partial charge in [0.25, 0.3) is 5.91 Å². The van der Waals surface area contributed by atoms with Crippen LogP contribution in [0.15, 0.2) is 57.7 Å². The molecular weight excluding hydrogens is 404 g/mol. The Hall–Kier alpha value is -3.12. The number of carbonyl (C=O) groups is 1. The smallest absolute Gasteiger partial charge is 0.290 e. The van der Waals surface area contributed by atoms with Gasteiger partial charge in [-0.2, -0.15) is 0 Å². The average Bonchev–Trinajstić information content (AvgIpc) is 3.10. The third kappa shape index (κ3) is 4.02. The van der Waals surface area contributed by atoms with E-state index in [0.717, 1.165) is 37.4 Å². The molecule has 0 saturated carbocycles. The molecule has 2 aromatic carbocycles. The van der Waals surface area contributed by atoms with E-state index in [-0.39, 0.29) is 17.1 Å². The Morgan fingerprint density at radius 2 is 1.81 bits per heavy atom. The van der Waals surface area contributed by atoms with Gasteiger partial charge in [0.05, 0.1) is 23.6 Å². The normalized spacial score (nSPS) is 15.6. The van der Waals surface area contributed by atoms with Gasteiger partial charge >= 0.3 is 0 Å². The maximum atomic E-state index is 13.5. The highest BCUT2D eigenvalue weighted by Gasteiger charge is 2.42. The van der Waals surface area contributed by atoms with Crippen molar-refractivity contribution in [1.82, 2.24) is 9.80 Å². The highest BCUT2D eigenvalue weighted by molar-refractivity contribution is 5.99. The first kappa shape index (κ1) is 22.1. The van der Waals surface area contributed by atoms with E-state index in [4.69, 9.17) is 9.15 Å². The second-order valence-corrected chi connectivity index (χ2v) is 8.02. The van der Waals surface area contributed by atoms with Gasteiger partial charge in [-0.3, -0.25) is 9.59 Å². The lowest BCUT2D eigenvalue weighted by Crippen LogP contribution is -2.37. The van der Waals surface area contributed by atoms with Crippen molar-refractivity contribution in [3.63, 3.8) is 0 Å². The molecule has 0 fully saturated rings. The lowest BCUT2D eigenvalue weighted by atomic mass is 9.98. The van der Waals surface area contributed by atoms with Crippen molar-refractivity contribution in [2.45, 2.75) is 33.2 Å². The summed E-state index contributed by atoms with van der Waals surface area (Å²) in [5, 5.41) is 0.494. The monoisotopic (exact) mass is 434 g/mol. The lowest BCUT2D eigenvalue weighted by molar-refractivity contribution is 0.0708. The quantitative estimate of drug-likeness (QED) is 0.497. The zero-order valence-corrected chi connectivity index (χ0v) is 19.0. The molecule has 1 atom stereocenters. The minimum atomic E-state index is -0.501. The number of rotatable bonds is 9. The molecule has 0 bridgehead atoms. The van der Waals surface area contributed by atoms with Gasteiger partial charge in [-0.25, -0.2) is 0 Å². The zero-order valence-electron chi connectivity index (χ0n) is 19.0. The predicted molar refractivity (Wildman–Crippen MR) is 125 cm³/mol. The van der Waals surface area contributed by atoms with Crippen LogP contribution in [0.4, 0.5) is 0 Å². The van der Waals surface area contributed by atoms with Crippen LogP contribution >= 0.6 is 0 Å². The summed E-state index contributed by atoms with van der Waals surface area (Å²) in [5.74, 6) is 0.650. The Balaban J connectivity index is 1.83. The van der Waals surface area contributed by atoms with E-state index in [0.29, 0.717) is 29.7 Å². The average molecular weight is 435 g/mol. The molecule has 0 saturated heterocycles. The van der Waals surface area contributed by atoms with Crippen molar-refractivity contribution in [3.8, 4) is 5.75 Å². The van der Waals surface area contributed by atoms with Gasteiger partial charge in [-0.1, -0.05) is 45.0 Å². The molecule has 4 rings (SSSR count). The second-order valence-electron chi connectivity index (χ2n) is 8.02. The van der Waals surface area contributed by atoms with Gasteiger partial charge in [0.2, 0.25) is 5.76 Å². The molecule has 0 radical (unpaired) electrons. The van der Waals surface area contributed by atoms with E-state index >= 15 is 0 Å². The summed E-state index contributed by atoms with van der Waals surface area (Å²) in [6.45, 7) is 9.91. The summed E-state index contributed by atoms with van der Waals surface area (Å²) >= 11 is 0. The number of para-hydroxylation sites is 1. The van der Waals surface area contributed by atoms with Crippen LogP contribution in [0.1, 0.15) is 54.9 Å². The largest absolute Gasteiger partial charge is 0.494 e. The minimum absolute atomic E-state index is 0.148. The van der Waals surface area contributed by atoms with Crippen LogP contribution in [0.5, 0.6) is 5.75 Å². The molecule has 6 heteroatoms. The van der Waals surface area contributed by atoms with Gasteiger partial charge in [0, 0.05) is 13.1 Å². The van der Waals surface area contributed by atoms with Gasteiger partial charge in [-0.15, -0.1) is 0 Å². The van der Waals surface area contributed by atoms with Crippen molar-refractivity contribution >= 4 is 16.9 Å². The summed E-state index contributed by atoms with van der Waals surface area (Å²) in [5.41, 5.74) is 1.56. The number of carbonyl (C=O) groups excluding carboxylic acids is 1. The molecule has 1 aromatic heterocycles. The number of benzene rings is 2. The topological polar surface area (TPSA) is 63.0 Å². The highest BCUT2D eigenvalue weighted by Crippen LogP contribution is 2.38. The van der Waals surface area contributed by atoms with Crippen LogP contribution in [0.2, 0.25) is 0 Å². The first-order valence-corrected chi connectivity index (χ1v) is 11.4. The summed E-state index contributed by atoms with van der Waals surface area (Å²) in [4.78, 5) is 31.0. The number of hydrogen-bond acceptors (Lipinski definition) is 5. The lowest BCUT2D eigenvalue weighted by Gasteiger charge is -2.28. The van der Waals surface area contributed by atoms with Crippen LogP contribution in [-0.2, 0) is 0 Å². The first-order chi connectivity index (χ1) is 15.6. The van der Waals surface area contributed by atoms with Crippen LogP contribution < -0.4 is 10.2 Å². The van der Waals surface area contributed by atoms with E-state index in [1.54, 1.807) is 23.1 Å². The molecule has 1 aliphatic rings. The van der Waals surface area contributed by atoms with E-state index in [2.05, 4.69) is 25.7 Å². The molecule has 0 N–H and O–H groups in total. The summed E-state index contributed by atoms with van der Waals surface area (Å²) in [6.07, 6.45) is 0.903. The fourth-order valence-corrected chi connectivity index (χ4v) is 4.33.